The van der Waals surface area contributed by atoms with Gasteiger partial charge in [-0.2, -0.15) is 0 Å². The molecule has 0 radical (unpaired) electrons. The summed E-state index contributed by atoms with van der Waals surface area (Å²) in [6, 6.07) is 5.34. The van der Waals surface area contributed by atoms with E-state index < -0.39 is 28.1 Å². The maximum absolute atomic E-state index is 12.3. The Balaban J connectivity index is 2.21. The molecule has 0 bridgehead atoms. The molecule has 0 aliphatic heterocycles. The van der Waals surface area contributed by atoms with Crippen LogP contribution in [0, 0.1) is 0 Å². The van der Waals surface area contributed by atoms with Gasteiger partial charge in [-0.15, -0.1) is 24.5 Å². The van der Waals surface area contributed by atoms with Gasteiger partial charge in [-0.05, 0) is 35.7 Å². The molecule has 1 heterocycles. The molecule has 0 aliphatic carbocycles. The van der Waals surface area contributed by atoms with E-state index >= 15 is 0 Å². The molecule has 1 N–H and O–H groups in total. The van der Waals surface area contributed by atoms with Crippen molar-refractivity contribution in [2.45, 2.75) is 11.3 Å². The van der Waals surface area contributed by atoms with Crippen molar-refractivity contribution in [2.75, 3.05) is 11.8 Å². The molecule has 0 aliphatic rings. The van der Waals surface area contributed by atoms with Crippen LogP contribution >= 0.6 is 11.3 Å². The number of carbonyl (C=O) groups excluding carboxylic acids is 1. The van der Waals surface area contributed by atoms with Crippen LogP contribution < -0.4 is 9.46 Å². The van der Waals surface area contributed by atoms with Gasteiger partial charge < -0.3 is 9.47 Å². The SMILES string of the molecule is COC(=O)c1sccc1S(=O)(=O)Nc1ccc(OC(F)(F)F)cc1. The van der Waals surface area contributed by atoms with Gasteiger partial charge in [0.2, 0.25) is 0 Å². The number of esters is 1. The topological polar surface area (TPSA) is 81.7 Å². The van der Waals surface area contributed by atoms with Crippen LogP contribution in [0.1, 0.15) is 9.67 Å². The molecule has 0 saturated carbocycles. The van der Waals surface area contributed by atoms with Gasteiger partial charge in [-0.25, -0.2) is 13.2 Å². The molecule has 0 amide bonds. The Kier molecular flexibility index (Phi) is 5.04. The lowest BCUT2D eigenvalue weighted by Gasteiger charge is -2.11. The Hall–Kier alpha value is -2.27. The van der Waals surface area contributed by atoms with Crippen LogP contribution in [0.2, 0.25) is 0 Å². The maximum Gasteiger partial charge on any atom is 0.573 e. The molecule has 0 spiro atoms. The van der Waals surface area contributed by atoms with Crippen molar-refractivity contribution in [3.63, 3.8) is 0 Å². The summed E-state index contributed by atoms with van der Waals surface area (Å²) in [5, 5.41) is 1.40. The van der Waals surface area contributed by atoms with Gasteiger partial charge in [0.05, 0.1) is 7.11 Å². The second kappa shape index (κ2) is 6.69. The predicted molar refractivity (Wildman–Crippen MR) is 79.6 cm³/mol. The molecule has 6 nitrogen and oxygen atoms in total. The first-order valence-electron chi connectivity index (χ1n) is 6.17. The standard InChI is InChI=1S/C13H10F3NO5S2/c1-21-12(18)11-10(6-7-23-11)24(19,20)17-8-2-4-9(5-3-8)22-13(14,15)16/h2-7,17H,1H3. The molecule has 1 aromatic carbocycles. The van der Waals surface area contributed by atoms with Crippen LogP contribution in [0.3, 0.4) is 0 Å². The number of anilines is 1. The smallest absolute Gasteiger partial charge is 0.465 e. The van der Waals surface area contributed by atoms with E-state index in [1.807, 2.05) is 0 Å². The minimum absolute atomic E-state index is 0.00606. The summed E-state index contributed by atoms with van der Waals surface area (Å²) in [7, 11) is -2.99. The number of carbonyl (C=O) groups is 1. The number of hydrogen-bond acceptors (Lipinski definition) is 6. The Morgan fingerprint density at radius 2 is 1.79 bits per heavy atom. The minimum atomic E-state index is -4.84. The second-order valence-electron chi connectivity index (χ2n) is 4.28. The summed E-state index contributed by atoms with van der Waals surface area (Å²) in [6.07, 6.45) is -4.84. The average molecular weight is 381 g/mol. The van der Waals surface area contributed by atoms with Gasteiger partial charge in [-0.1, -0.05) is 0 Å². The van der Waals surface area contributed by atoms with Crippen molar-refractivity contribution in [3.8, 4) is 5.75 Å². The largest absolute Gasteiger partial charge is 0.573 e. The van der Waals surface area contributed by atoms with Crippen LogP contribution in [0.15, 0.2) is 40.6 Å². The highest BCUT2D eigenvalue weighted by atomic mass is 32.2. The lowest BCUT2D eigenvalue weighted by Crippen LogP contribution is -2.17. The van der Waals surface area contributed by atoms with Crippen LogP contribution in [0.4, 0.5) is 18.9 Å². The lowest BCUT2D eigenvalue weighted by atomic mass is 10.3. The number of benzene rings is 1. The highest BCUT2D eigenvalue weighted by Crippen LogP contribution is 2.27. The molecule has 0 atom stereocenters. The summed E-state index contributed by atoms with van der Waals surface area (Å²) in [5.74, 6) is -1.30. The fraction of sp³-hybridized carbons (Fsp3) is 0.154. The molecule has 130 valence electrons. The van der Waals surface area contributed by atoms with Crippen molar-refractivity contribution in [3.05, 3.63) is 40.6 Å². The average Bonchev–Trinajstić information content (AvgIpc) is 2.97. The zero-order chi connectivity index (χ0) is 18.0. The molecule has 2 aromatic rings. The molecule has 0 fully saturated rings. The number of thiophene rings is 1. The Morgan fingerprint density at radius 1 is 1.17 bits per heavy atom. The molecule has 11 heteroatoms. The van der Waals surface area contributed by atoms with E-state index in [4.69, 9.17) is 0 Å². The van der Waals surface area contributed by atoms with E-state index in [0.29, 0.717) is 0 Å². The lowest BCUT2D eigenvalue weighted by molar-refractivity contribution is -0.274. The van der Waals surface area contributed by atoms with Gasteiger partial charge in [0.25, 0.3) is 10.0 Å². The third-order valence-electron chi connectivity index (χ3n) is 2.63. The number of nitrogens with one attached hydrogen (secondary N) is 1. The highest BCUT2D eigenvalue weighted by Gasteiger charge is 2.31. The van der Waals surface area contributed by atoms with Gasteiger partial charge >= 0.3 is 12.3 Å². The number of alkyl halides is 3. The monoisotopic (exact) mass is 381 g/mol. The number of hydrogen-bond donors (Lipinski definition) is 1. The van der Waals surface area contributed by atoms with Crippen LogP contribution in [-0.4, -0.2) is 27.9 Å². The van der Waals surface area contributed by atoms with Gasteiger partial charge in [0.1, 0.15) is 15.5 Å². The Labute approximate surface area is 138 Å². The van der Waals surface area contributed by atoms with Gasteiger partial charge in [-0.3, -0.25) is 4.72 Å². The highest BCUT2D eigenvalue weighted by molar-refractivity contribution is 7.93. The number of halogens is 3. The first kappa shape index (κ1) is 18.1. The number of ether oxygens (including phenoxy) is 2. The molecular formula is C13H10F3NO5S2. The van der Waals surface area contributed by atoms with E-state index in [1.165, 1.54) is 11.4 Å². The van der Waals surface area contributed by atoms with Crippen molar-refractivity contribution < 1.29 is 35.9 Å². The number of methoxy groups -OCH3 is 1. The van der Waals surface area contributed by atoms with Gasteiger partial charge in [0, 0.05) is 5.69 Å². The summed E-state index contributed by atoms with van der Waals surface area (Å²) in [4.78, 5) is 11.2. The molecule has 0 unspecified atom stereocenters. The number of rotatable bonds is 5. The van der Waals surface area contributed by atoms with Crippen molar-refractivity contribution in [1.82, 2.24) is 0 Å². The van der Waals surface area contributed by atoms with Crippen molar-refractivity contribution in [1.29, 1.82) is 0 Å². The molecule has 2 rings (SSSR count). The molecular weight excluding hydrogens is 371 g/mol. The van der Waals surface area contributed by atoms with E-state index in [1.54, 1.807) is 0 Å². The van der Waals surface area contributed by atoms with Crippen LogP contribution in [0.25, 0.3) is 0 Å². The summed E-state index contributed by atoms with van der Waals surface area (Å²) in [6.45, 7) is 0. The number of sulfonamides is 1. The van der Waals surface area contributed by atoms with Crippen LogP contribution in [0.5, 0.6) is 5.75 Å². The van der Waals surface area contributed by atoms with E-state index in [2.05, 4.69) is 14.2 Å². The summed E-state index contributed by atoms with van der Waals surface area (Å²) in [5.41, 5.74) is 0.00606. The molecule has 0 saturated heterocycles. The quantitative estimate of drug-likeness (QED) is 0.804. The first-order chi connectivity index (χ1) is 11.1. The maximum atomic E-state index is 12.3. The fourth-order valence-corrected chi connectivity index (χ4v) is 4.08. The van der Waals surface area contributed by atoms with Crippen molar-refractivity contribution in [2.24, 2.45) is 0 Å². The van der Waals surface area contributed by atoms with Crippen molar-refractivity contribution >= 4 is 33.0 Å². The minimum Gasteiger partial charge on any atom is -0.465 e. The zero-order valence-corrected chi connectivity index (χ0v) is 13.6. The second-order valence-corrected chi connectivity index (χ2v) is 6.85. The normalized spacial score (nSPS) is 11.8. The first-order valence-corrected chi connectivity index (χ1v) is 8.53. The molecule has 1 aromatic heterocycles. The predicted octanol–water partition coefficient (Wildman–Crippen LogP) is 3.23. The van der Waals surface area contributed by atoms with E-state index in [0.717, 1.165) is 42.7 Å². The fourth-order valence-electron chi connectivity index (χ4n) is 1.69. The summed E-state index contributed by atoms with van der Waals surface area (Å²) >= 11 is 0.890. The third kappa shape index (κ3) is 4.38. The summed E-state index contributed by atoms with van der Waals surface area (Å²) < 4.78 is 71.2. The van der Waals surface area contributed by atoms with E-state index in [9.17, 15) is 26.4 Å². The Bertz CT molecular complexity index is 828. The molecule has 24 heavy (non-hydrogen) atoms. The van der Waals surface area contributed by atoms with Crippen LogP contribution in [-0.2, 0) is 14.8 Å². The van der Waals surface area contributed by atoms with E-state index in [-0.39, 0.29) is 15.5 Å². The third-order valence-corrected chi connectivity index (χ3v) is 5.08. The van der Waals surface area contributed by atoms with Gasteiger partial charge in [0.15, 0.2) is 0 Å². The Morgan fingerprint density at radius 3 is 2.33 bits per heavy atom. The zero-order valence-electron chi connectivity index (χ0n) is 12.0.